The van der Waals surface area contributed by atoms with Crippen LogP contribution in [0.3, 0.4) is 0 Å². The topological polar surface area (TPSA) is 76.1 Å². The van der Waals surface area contributed by atoms with Crippen LogP contribution in [0.15, 0.2) is 36.4 Å². The second kappa shape index (κ2) is 8.12. The lowest BCUT2D eigenvalue weighted by molar-refractivity contribution is 0.102. The molecule has 1 heterocycles. The van der Waals surface area contributed by atoms with Gasteiger partial charge < -0.3 is 15.4 Å². The molecule has 0 aliphatic carbocycles. The first kappa shape index (κ1) is 16.7. The Labute approximate surface area is 136 Å². The number of hydrogen-bond donors (Lipinski definition) is 2. The Hall–Kier alpha value is -2.63. The number of rotatable bonds is 7. The largest absolute Gasteiger partial charge is 0.491 e. The molecule has 0 aliphatic rings. The molecule has 1 amide bonds. The summed E-state index contributed by atoms with van der Waals surface area (Å²) in [6.07, 6.45) is 1.12. The van der Waals surface area contributed by atoms with Crippen LogP contribution in [0, 0.1) is 0 Å². The smallest absolute Gasteiger partial charge is 0.276 e. The third kappa shape index (κ3) is 5.25. The summed E-state index contributed by atoms with van der Waals surface area (Å²) in [5, 5.41) is 13.8. The van der Waals surface area contributed by atoms with Crippen LogP contribution in [0.1, 0.15) is 37.7 Å². The number of benzene rings is 1. The summed E-state index contributed by atoms with van der Waals surface area (Å²) < 4.78 is 5.56. The molecule has 1 aromatic heterocycles. The lowest BCUT2D eigenvalue weighted by Crippen LogP contribution is -2.15. The van der Waals surface area contributed by atoms with Crippen LogP contribution in [-0.4, -0.2) is 28.8 Å². The number of anilines is 2. The van der Waals surface area contributed by atoms with E-state index in [-0.39, 0.29) is 17.7 Å². The van der Waals surface area contributed by atoms with Crippen molar-refractivity contribution >= 4 is 17.4 Å². The molecule has 122 valence electrons. The maximum Gasteiger partial charge on any atom is 0.276 e. The SMILES string of the molecule is CCCNc1ccc(C(=O)Nc2ccc(OC(C)C)cc2)nn1. The second-order valence-electron chi connectivity index (χ2n) is 5.38. The van der Waals surface area contributed by atoms with Crippen molar-refractivity contribution in [3.63, 3.8) is 0 Å². The molecular formula is C17H22N4O2. The average molecular weight is 314 g/mol. The molecule has 23 heavy (non-hydrogen) atoms. The van der Waals surface area contributed by atoms with Crippen LogP contribution in [0.5, 0.6) is 5.75 Å². The van der Waals surface area contributed by atoms with Crippen LogP contribution in [0.2, 0.25) is 0 Å². The van der Waals surface area contributed by atoms with Gasteiger partial charge in [-0.2, -0.15) is 0 Å². The summed E-state index contributed by atoms with van der Waals surface area (Å²) >= 11 is 0. The Kier molecular flexibility index (Phi) is 5.91. The van der Waals surface area contributed by atoms with Crippen molar-refractivity contribution < 1.29 is 9.53 Å². The van der Waals surface area contributed by atoms with Gasteiger partial charge in [-0.05, 0) is 56.7 Å². The van der Waals surface area contributed by atoms with Crippen molar-refractivity contribution in [2.75, 3.05) is 17.2 Å². The van der Waals surface area contributed by atoms with Crippen molar-refractivity contribution in [1.82, 2.24) is 10.2 Å². The van der Waals surface area contributed by atoms with Crippen LogP contribution in [-0.2, 0) is 0 Å². The molecule has 1 aromatic carbocycles. The second-order valence-corrected chi connectivity index (χ2v) is 5.38. The van der Waals surface area contributed by atoms with Crippen LogP contribution in [0.25, 0.3) is 0 Å². The third-order valence-electron chi connectivity index (χ3n) is 2.94. The van der Waals surface area contributed by atoms with Crippen LogP contribution >= 0.6 is 0 Å². The molecule has 0 unspecified atom stereocenters. The van der Waals surface area contributed by atoms with Gasteiger partial charge in [-0.15, -0.1) is 10.2 Å². The van der Waals surface area contributed by atoms with E-state index in [2.05, 4.69) is 27.8 Å². The molecule has 0 radical (unpaired) electrons. The van der Waals surface area contributed by atoms with E-state index < -0.39 is 0 Å². The van der Waals surface area contributed by atoms with Gasteiger partial charge in [0.05, 0.1) is 6.10 Å². The summed E-state index contributed by atoms with van der Waals surface area (Å²) in [4.78, 5) is 12.1. The number of aromatic nitrogens is 2. The van der Waals surface area contributed by atoms with E-state index in [0.717, 1.165) is 18.7 Å². The lowest BCUT2D eigenvalue weighted by atomic mass is 10.3. The van der Waals surface area contributed by atoms with E-state index in [1.54, 1.807) is 24.3 Å². The first-order valence-electron chi connectivity index (χ1n) is 7.74. The van der Waals surface area contributed by atoms with Gasteiger partial charge in [0, 0.05) is 12.2 Å². The zero-order valence-electron chi connectivity index (χ0n) is 13.7. The molecule has 0 spiro atoms. The Morgan fingerprint density at radius 3 is 2.43 bits per heavy atom. The highest BCUT2D eigenvalue weighted by Gasteiger charge is 2.09. The van der Waals surface area contributed by atoms with Gasteiger partial charge in [0.25, 0.3) is 5.91 Å². The van der Waals surface area contributed by atoms with Crippen molar-refractivity contribution in [1.29, 1.82) is 0 Å². The minimum absolute atomic E-state index is 0.116. The maximum atomic E-state index is 12.1. The van der Waals surface area contributed by atoms with Gasteiger partial charge in [0.2, 0.25) is 0 Å². The number of nitrogens with zero attached hydrogens (tertiary/aromatic N) is 2. The summed E-state index contributed by atoms with van der Waals surface area (Å²) in [7, 11) is 0. The molecule has 6 heteroatoms. The lowest BCUT2D eigenvalue weighted by Gasteiger charge is -2.10. The number of amides is 1. The van der Waals surface area contributed by atoms with E-state index in [0.29, 0.717) is 11.5 Å². The Morgan fingerprint density at radius 1 is 1.13 bits per heavy atom. The number of carbonyl (C=O) groups is 1. The van der Waals surface area contributed by atoms with Gasteiger partial charge in [-0.1, -0.05) is 6.92 Å². The summed E-state index contributed by atoms with van der Waals surface area (Å²) in [6.45, 7) is 6.82. The van der Waals surface area contributed by atoms with E-state index >= 15 is 0 Å². The number of ether oxygens (including phenoxy) is 1. The normalized spacial score (nSPS) is 10.4. The molecule has 6 nitrogen and oxygen atoms in total. The van der Waals surface area contributed by atoms with E-state index in [1.807, 2.05) is 26.0 Å². The standard InChI is InChI=1S/C17H22N4O2/c1-4-11-18-16-10-9-15(20-21-16)17(22)19-13-5-7-14(8-6-13)23-12(2)3/h5-10,12H,4,11H2,1-3H3,(H,18,21)(H,19,22). The van der Waals surface area contributed by atoms with Crippen molar-refractivity contribution in [3.05, 3.63) is 42.1 Å². The maximum absolute atomic E-state index is 12.1. The van der Waals surface area contributed by atoms with E-state index in [9.17, 15) is 4.79 Å². The van der Waals surface area contributed by atoms with E-state index in [4.69, 9.17) is 4.74 Å². The Balaban J connectivity index is 1.95. The van der Waals surface area contributed by atoms with Crippen molar-refractivity contribution in [2.45, 2.75) is 33.3 Å². The first-order valence-corrected chi connectivity index (χ1v) is 7.74. The Bertz CT molecular complexity index is 624. The van der Waals surface area contributed by atoms with Crippen molar-refractivity contribution in [3.8, 4) is 5.75 Å². The number of hydrogen-bond acceptors (Lipinski definition) is 5. The molecule has 0 aliphatic heterocycles. The molecule has 2 N–H and O–H groups in total. The minimum Gasteiger partial charge on any atom is -0.491 e. The van der Waals surface area contributed by atoms with Crippen LogP contribution < -0.4 is 15.4 Å². The third-order valence-corrected chi connectivity index (χ3v) is 2.94. The fourth-order valence-electron chi connectivity index (χ4n) is 1.88. The fraction of sp³-hybridized carbons (Fsp3) is 0.353. The molecule has 0 atom stereocenters. The van der Waals surface area contributed by atoms with Crippen LogP contribution in [0.4, 0.5) is 11.5 Å². The summed E-state index contributed by atoms with van der Waals surface area (Å²) in [5.74, 6) is 1.14. The molecule has 0 saturated heterocycles. The average Bonchev–Trinajstić information content (AvgIpc) is 2.54. The van der Waals surface area contributed by atoms with Crippen molar-refractivity contribution in [2.24, 2.45) is 0 Å². The molecule has 2 rings (SSSR count). The molecule has 0 saturated carbocycles. The van der Waals surface area contributed by atoms with Gasteiger partial charge in [-0.3, -0.25) is 4.79 Å². The molecular weight excluding hydrogens is 292 g/mol. The zero-order valence-corrected chi connectivity index (χ0v) is 13.7. The van der Waals surface area contributed by atoms with Gasteiger partial charge in [0.1, 0.15) is 11.6 Å². The highest BCUT2D eigenvalue weighted by molar-refractivity contribution is 6.02. The quantitative estimate of drug-likeness (QED) is 0.819. The number of nitrogens with one attached hydrogen (secondary N) is 2. The summed E-state index contributed by atoms with van der Waals surface area (Å²) in [6, 6.07) is 10.6. The monoisotopic (exact) mass is 314 g/mol. The predicted molar refractivity (Wildman–Crippen MR) is 91.0 cm³/mol. The number of carbonyl (C=O) groups excluding carboxylic acids is 1. The van der Waals surface area contributed by atoms with Gasteiger partial charge in [-0.25, -0.2) is 0 Å². The molecule has 0 bridgehead atoms. The fourth-order valence-corrected chi connectivity index (χ4v) is 1.88. The first-order chi connectivity index (χ1) is 11.1. The zero-order chi connectivity index (χ0) is 16.7. The highest BCUT2D eigenvalue weighted by atomic mass is 16.5. The minimum atomic E-state index is -0.294. The van der Waals surface area contributed by atoms with Gasteiger partial charge >= 0.3 is 0 Å². The van der Waals surface area contributed by atoms with E-state index in [1.165, 1.54) is 0 Å². The molecule has 0 fully saturated rings. The molecule has 2 aromatic rings. The highest BCUT2D eigenvalue weighted by Crippen LogP contribution is 2.17. The summed E-state index contributed by atoms with van der Waals surface area (Å²) in [5.41, 5.74) is 0.954. The van der Waals surface area contributed by atoms with Gasteiger partial charge in [0.15, 0.2) is 5.69 Å². The predicted octanol–water partition coefficient (Wildman–Crippen LogP) is 3.34. The Morgan fingerprint density at radius 2 is 1.87 bits per heavy atom.